The van der Waals surface area contributed by atoms with Gasteiger partial charge in [-0.25, -0.2) is 15.0 Å². The molecule has 182 valence electrons. The molecule has 0 amide bonds. The molecule has 5 heteroatoms. The minimum atomic E-state index is 0.674. The first-order valence-corrected chi connectivity index (χ1v) is 12.5. The number of aryl methyl sites for hydroxylation is 2. The average molecular weight is 492 g/mol. The van der Waals surface area contributed by atoms with Gasteiger partial charge in [0.2, 0.25) is 0 Å². The van der Waals surface area contributed by atoms with Crippen LogP contribution in [0, 0.1) is 13.8 Å². The van der Waals surface area contributed by atoms with Crippen molar-refractivity contribution in [1.29, 1.82) is 0 Å². The maximum absolute atomic E-state index is 4.64. The first-order chi connectivity index (χ1) is 18.6. The van der Waals surface area contributed by atoms with Gasteiger partial charge in [0.1, 0.15) is 11.6 Å². The first kappa shape index (κ1) is 23.4. The monoisotopic (exact) mass is 491 g/mol. The predicted octanol–water partition coefficient (Wildman–Crippen LogP) is 7.61. The Kier molecular flexibility index (Phi) is 6.24. The lowest BCUT2D eigenvalue weighted by atomic mass is 9.94. The maximum atomic E-state index is 4.64. The van der Waals surface area contributed by atoms with E-state index < -0.39 is 0 Å². The normalized spacial score (nSPS) is 10.9. The Morgan fingerprint density at radius 3 is 1.24 bits per heavy atom. The van der Waals surface area contributed by atoms with Gasteiger partial charge < -0.3 is 0 Å². The highest BCUT2D eigenvalue weighted by molar-refractivity contribution is 5.81. The van der Waals surface area contributed by atoms with E-state index in [0.29, 0.717) is 17.5 Å². The van der Waals surface area contributed by atoms with Crippen molar-refractivity contribution in [3.05, 3.63) is 127 Å². The zero-order chi connectivity index (χ0) is 25.9. The molecule has 3 aromatic carbocycles. The highest BCUT2D eigenvalue weighted by atomic mass is 15.0. The molecule has 3 aromatic heterocycles. The van der Waals surface area contributed by atoms with Gasteiger partial charge in [-0.3, -0.25) is 9.97 Å². The summed E-state index contributed by atoms with van der Waals surface area (Å²) in [6, 6.07) is 35.4. The molecule has 0 unspecified atom stereocenters. The average Bonchev–Trinajstić information content (AvgIpc) is 2.97. The Hall–Kier alpha value is -5.03. The minimum Gasteiger partial charge on any atom is -0.256 e. The van der Waals surface area contributed by atoms with Crippen LogP contribution in [-0.4, -0.2) is 24.9 Å². The van der Waals surface area contributed by atoms with Gasteiger partial charge >= 0.3 is 0 Å². The van der Waals surface area contributed by atoms with E-state index in [0.717, 1.165) is 50.3 Å². The van der Waals surface area contributed by atoms with E-state index in [1.54, 1.807) is 0 Å². The van der Waals surface area contributed by atoms with Crippen molar-refractivity contribution in [1.82, 2.24) is 24.9 Å². The lowest BCUT2D eigenvalue weighted by molar-refractivity contribution is 0.928. The number of hydrogen-bond donors (Lipinski definition) is 0. The summed E-state index contributed by atoms with van der Waals surface area (Å²) in [6.07, 6.45) is 3.63. The molecule has 0 N–H and O–H groups in total. The molecule has 0 atom stereocenters. The van der Waals surface area contributed by atoms with Crippen molar-refractivity contribution in [3.8, 4) is 56.2 Å². The second kappa shape index (κ2) is 10.1. The van der Waals surface area contributed by atoms with Crippen LogP contribution in [0.1, 0.15) is 11.6 Å². The quantitative estimate of drug-likeness (QED) is 0.248. The molecule has 0 aliphatic carbocycles. The van der Waals surface area contributed by atoms with Crippen molar-refractivity contribution in [2.45, 2.75) is 13.8 Å². The van der Waals surface area contributed by atoms with Crippen LogP contribution in [0.5, 0.6) is 0 Å². The first-order valence-electron chi connectivity index (χ1n) is 12.5. The Balaban J connectivity index is 1.44. The summed E-state index contributed by atoms with van der Waals surface area (Å²) in [4.78, 5) is 22.6. The minimum absolute atomic E-state index is 0.674. The van der Waals surface area contributed by atoms with E-state index in [1.165, 1.54) is 0 Å². The third-order valence-corrected chi connectivity index (χ3v) is 6.41. The molecule has 5 nitrogen and oxygen atoms in total. The number of aromatic nitrogens is 5. The topological polar surface area (TPSA) is 64.5 Å². The molecule has 38 heavy (non-hydrogen) atoms. The van der Waals surface area contributed by atoms with E-state index in [-0.39, 0.29) is 0 Å². The molecule has 0 aliphatic heterocycles. The number of nitrogens with zero attached hydrogens (tertiary/aromatic N) is 5. The van der Waals surface area contributed by atoms with Crippen molar-refractivity contribution >= 4 is 0 Å². The van der Waals surface area contributed by atoms with Gasteiger partial charge in [-0.05, 0) is 78.6 Å². The second-order valence-electron chi connectivity index (χ2n) is 9.14. The summed E-state index contributed by atoms with van der Waals surface area (Å²) < 4.78 is 0. The van der Waals surface area contributed by atoms with E-state index in [4.69, 9.17) is 0 Å². The molecule has 0 aliphatic rings. The fourth-order valence-electron chi connectivity index (χ4n) is 4.57. The van der Waals surface area contributed by atoms with Gasteiger partial charge in [-0.15, -0.1) is 0 Å². The van der Waals surface area contributed by atoms with Gasteiger partial charge in [0, 0.05) is 29.1 Å². The molecule has 6 aromatic rings. The Morgan fingerprint density at radius 2 is 0.816 bits per heavy atom. The zero-order valence-electron chi connectivity index (χ0n) is 21.2. The van der Waals surface area contributed by atoms with Gasteiger partial charge in [0.05, 0.1) is 11.4 Å². The third kappa shape index (κ3) is 4.95. The highest BCUT2D eigenvalue weighted by Gasteiger charge is 2.11. The van der Waals surface area contributed by atoms with E-state index in [1.807, 2.05) is 62.6 Å². The summed E-state index contributed by atoms with van der Waals surface area (Å²) in [5, 5.41) is 0. The van der Waals surface area contributed by atoms with Crippen molar-refractivity contribution in [2.24, 2.45) is 0 Å². The Labute approximate surface area is 222 Å². The van der Waals surface area contributed by atoms with Gasteiger partial charge in [-0.1, -0.05) is 60.7 Å². The summed E-state index contributed by atoms with van der Waals surface area (Å²) in [7, 11) is 0. The maximum Gasteiger partial charge on any atom is 0.163 e. The molecule has 0 fully saturated rings. The molecule has 0 radical (unpaired) electrons. The SMILES string of the molecule is Cc1nc(C)nc(-c2cc(-c3ccc(-c4ccccn4)cc3)cc(-c3ccc(-c4ccccn4)cc3)c2)n1. The van der Waals surface area contributed by atoms with Crippen LogP contribution >= 0.6 is 0 Å². The number of rotatable bonds is 5. The Bertz CT molecular complexity index is 1570. The van der Waals surface area contributed by atoms with Crippen LogP contribution in [0.3, 0.4) is 0 Å². The standard InChI is InChI=1S/C33H25N5/c1-22-36-23(2)38-33(37-22)30-20-28(24-9-13-26(14-10-24)31-7-3-5-17-34-31)19-29(21-30)25-11-15-27(16-12-25)32-8-4-6-18-35-32/h3-21H,1-2H3. The number of benzene rings is 3. The van der Waals surface area contributed by atoms with E-state index in [9.17, 15) is 0 Å². The number of hydrogen-bond acceptors (Lipinski definition) is 5. The fraction of sp³-hybridized carbons (Fsp3) is 0.0606. The summed E-state index contributed by atoms with van der Waals surface area (Å²) >= 11 is 0. The van der Waals surface area contributed by atoms with Crippen molar-refractivity contribution in [2.75, 3.05) is 0 Å². The van der Waals surface area contributed by atoms with Crippen molar-refractivity contribution in [3.63, 3.8) is 0 Å². The van der Waals surface area contributed by atoms with Gasteiger partial charge in [0.25, 0.3) is 0 Å². The molecular formula is C33H25N5. The van der Waals surface area contributed by atoms with E-state index >= 15 is 0 Å². The lowest BCUT2D eigenvalue weighted by Crippen LogP contribution is -1.99. The van der Waals surface area contributed by atoms with E-state index in [2.05, 4.69) is 91.6 Å². The summed E-state index contributed by atoms with van der Waals surface area (Å²) in [5.74, 6) is 2.09. The second-order valence-corrected chi connectivity index (χ2v) is 9.14. The van der Waals surface area contributed by atoms with Crippen LogP contribution in [-0.2, 0) is 0 Å². The zero-order valence-corrected chi connectivity index (χ0v) is 21.2. The summed E-state index contributed by atoms with van der Waals surface area (Å²) in [6.45, 7) is 3.80. The van der Waals surface area contributed by atoms with Crippen LogP contribution in [0.25, 0.3) is 56.2 Å². The van der Waals surface area contributed by atoms with Crippen LogP contribution < -0.4 is 0 Å². The molecule has 0 spiro atoms. The molecule has 6 rings (SSSR count). The van der Waals surface area contributed by atoms with Gasteiger partial charge in [-0.2, -0.15) is 0 Å². The summed E-state index contributed by atoms with van der Waals surface area (Å²) in [5.41, 5.74) is 9.44. The Morgan fingerprint density at radius 1 is 0.395 bits per heavy atom. The fourth-order valence-corrected chi connectivity index (χ4v) is 4.57. The van der Waals surface area contributed by atoms with Crippen LogP contribution in [0.15, 0.2) is 116 Å². The smallest absolute Gasteiger partial charge is 0.163 e. The van der Waals surface area contributed by atoms with Crippen LogP contribution in [0.4, 0.5) is 0 Å². The lowest BCUT2D eigenvalue weighted by Gasteiger charge is -2.12. The molecular weight excluding hydrogens is 466 g/mol. The molecule has 0 saturated carbocycles. The van der Waals surface area contributed by atoms with Gasteiger partial charge in [0.15, 0.2) is 5.82 Å². The largest absolute Gasteiger partial charge is 0.256 e. The van der Waals surface area contributed by atoms with Crippen LogP contribution in [0.2, 0.25) is 0 Å². The predicted molar refractivity (Wildman–Crippen MR) is 152 cm³/mol. The molecule has 3 heterocycles. The van der Waals surface area contributed by atoms with Crippen molar-refractivity contribution < 1.29 is 0 Å². The highest BCUT2D eigenvalue weighted by Crippen LogP contribution is 2.33. The molecule has 0 saturated heterocycles. The third-order valence-electron chi connectivity index (χ3n) is 6.41. The number of pyridine rings is 2. The molecule has 0 bridgehead atoms.